The average Bonchev–Trinajstić information content (AvgIpc) is 3.08. The molecule has 120 valence electrons. The van der Waals surface area contributed by atoms with Gasteiger partial charge in [-0.3, -0.25) is 0 Å². The van der Waals surface area contributed by atoms with Gasteiger partial charge in [-0.05, 0) is 60.6 Å². The highest BCUT2D eigenvalue weighted by Gasteiger charge is 2.18. The molecular formula is C19H21NO3. The largest absolute Gasteiger partial charge is 0.493 e. The molecule has 0 amide bonds. The SMILES string of the molecule is COc1ccc(-c2cccc(C=NO)c2)cc1OC1CCCC1. The lowest BCUT2D eigenvalue weighted by atomic mass is 10.0. The van der Waals surface area contributed by atoms with Crippen molar-refractivity contribution < 1.29 is 14.7 Å². The zero-order valence-corrected chi connectivity index (χ0v) is 13.2. The van der Waals surface area contributed by atoms with E-state index in [2.05, 4.69) is 5.16 Å². The summed E-state index contributed by atoms with van der Waals surface area (Å²) in [7, 11) is 1.66. The minimum Gasteiger partial charge on any atom is -0.493 e. The van der Waals surface area contributed by atoms with Gasteiger partial charge in [-0.2, -0.15) is 0 Å². The normalized spacial score (nSPS) is 15.2. The molecule has 1 aliphatic carbocycles. The molecule has 0 atom stereocenters. The van der Waals surface area contributed by atoms with Gasteiger partial charge in [-0.25, -0.2) is 0 Å². The van der Waals surface area contributed by atoms with Crippen molar-refractivity contribution >= 4 is 6.21 Å². The van der Waals surface area contributed by atoms with Crippen LogP contribution in [0.25, 0.3) is 11.1 Å². The number of methoxy groups -OCH3 is 1. The summed E-state index contributed by atoms with van der Waals surface area (Å²) >= 11 is 0. The van der Waals surface area contributed by atoms with Crippen LogP contribution in [0.4, 0.5) is 0 Å². The highest BCUT2D eigenvalue weighted by atomic mass is 16.5. The number of hydrogen-bond donors (Lipinski definition) is 1. The van der Waals surface area contributed by atoms with Crippen molar-refractivity contribution in [1.82, 2.24) is 0 Å². The summed E-state index contributed by atoms with van der Waals surface area (Å²) in [5.74, 6) is 1.55. The van der Waals surface area contributed by atoms with Crippen molar-refractivity contribution in [3.63, 3.8) is 0 Å². The van der Waals surface area contributed by atoms with E-state index in [1.54, 1.807) is 7.11 Å². The van der Waals surface area contributed by atoms with E-state index in [1.807, 2.05) is 42.5 Å². The van der Waals surface area contributed by atoms with Crippen LogP contribution in [0.15, 0.2) is 47.6 Å². The van der Waals surface area contributed by atoms with Crippen LogP contribution in [0.2, 0.25) is 0 Å². The molecule has 4 heteroatoms. The van der Waals surface area contributed by atoms with Crippen LogP contribution in [0.3, 0.4) is 0 Å². The van der Waals surface area contributed by atoms with Crippen LogP contribution in [-0.4, -0.2) is 24.6 Å². The second-order valence-electron chi connectivity index (χ2n) is 5.76. The first-order valence-corrected chi connectivity index (χ1v) is 7.92. The van der Waals surface area contributed by atoms with Crippen molar-refractivity contribution in [2.24, 2.45) is 5.16 Å². The standard InChI is InChI=1S/C19H21NO3/c1-22-18-10-9-16(12-19(18)23-17-7-2-3-8-17)15-6-4-5-14(11-15)13-20-21/h4-6,9-13,17,21H,2-3,7-8H2,1H3. The van der Waals surface area contributed by atoms with Crippen molar-refractivity contribution in [2.45, 2.75) is 31.8 Å². The van der Waals surface area contributed by atoms with Crippen LogP contribution in [0, 0.1) is 0 Å². The molecule has 0 heterocycles. The molecule has 0 spiro atoms. The predicted molar refractivity (Wildman–Crippen MR) is 90.7 cm³/mol. The highest BCUT2D eigenvalue weighted by Crippen LogP contribution is 2.35. The Hall–Kier alpha value is -2.49. The number of nitrogens with zero attached hydrogens (tertiary/aromatic N) is 1. The maximum absolute atomic E-state index is 8.69. The minimum atomic E-state index is 0.284. The molecule has 1 aliphatic rings. The second kappa shape index (κ2) is 7.18. The topological polar surface area (TPSA) is 51.0 Å². The summed E-state index contributed by atoms with van der Waals surface area (Å²) in [5, 5.41) is 11.8. The highest BCUT2D eigenvalue weighted by molar-refractivity contribution is 5.82. The van der Waals surface area contributed by atoms with Crippen molar-refractivity contribution in [1.29, 1.82) is 0 Å². The molecular weight excluding hydrogens is 290 g/mol. The maximum Gasteiger partial charge on any atom is 0.162 e. The van der Waals surface area contributed by atoms with Gasteiger partial charge in [-0.15, -0.1) is 0 Å². The Balaban J connectivity index is 1.91. The zero-order valence-electron chi connectivity index (χ0n) is 13.2. The van der Waals surface area contributed by atoms with Gasteiger partial charge in [0, 0.05) is 0 Å². The van der Waals surface area contributed by atoms with Crippen LogP contribution in [-0.2, 0) is 0 Å². The molecule has 2 aromatic rings. The summed E-state index contributed by atoms with van der Waals surface area (Å²) in [6.45, 7) is 0. The summed E-state index contributed by atoms with van der Waals surface area (Å²) in [6, 6.07) is 13.8. The van der Waals surface area contributed by atoms with Crippen molar-refractivity contribution in [3.05, 3.63) is 48.0 Å². The number of hydrogen-bond acceptors (Lipinski definition) is 4. The van der Waals surface area contributed by atoms with Crippen LogP contribution in [0.1, 0.15) is 31.2 Å². The molecule has 0 bridgehead atoms. The van der Waals surface area contributed by atoms with E-state index >= 15 is 0 Å². The van der Waals surface area contributed by atoms with E-state index in [1.165, 1.54) is 19.1 Å². The van der Waals surface area contributed by atoms with E-state index in [-0.39, 0.29) is 6.10 Å². The Morgan fingerprint density at radius 2 is 1.83 bits per heavy atom. The summed E-state index contributed by atoms with van der Waals surface area (Å²) in [5.41, 5.74) is 2.94. The van der Waals surface area contributed by atoms with E-state index in [4.69, 9.17) is 14.7 Å². The Morgan fingerprint density at radius 3 is 2.57 bits per heavy atom. The number of rotatable bonds is 5. The predicted octanol–water partition coefficient (Wildman–Crippen LogP) is 4.49. The molecule has 23 heavy (non-hydrogen) atoms. The third-order valence-electron chi connectivity index (χ3n) is 4.19. The average molecular weight is 311 g/mol. The Morgan fingerprint density at radius 1 is 1.04 bits per heavy atom. The molecule has 0 radical (unpaired) electrons. The Kier molecular flexibility index (Phi) is 4.81. The molecule has 4 nitrogen and oxygen atoms in total. The molecule has 0 saturated heterocycles. The third-order valence-corrected chi connectivity index (χ3v) is 4.19. The van der Waals surface area contributed by atoms with Gasteiger partial charge in [-0.1, -0.05) is 29.4 Å². The van der Waals surface area contributed by atoms with Gasteiger partial charge >= 0.3 is 0 Å². The van der Waals surface area contributed by atoms with Gasteiger partial charge in [0.1, 0.15) is 0 Å². The fraction of sp³-hybridized carbons (Fsp3) is 0.316. The van der Waals surface area contributed by atoms with Crippen molar-refractivity contribution in [3.8, 4) is 22.6 Å². The van der Waals surface area contributed by atoms with Gasteiger partial charge in [0.25, 0.3) is 0 Å². The summed E-state index contributed by atoms with van der Waals surface area (Å²) < 4.78 is 11.6. The first-order valence-electron chi connectivity index (χ1n) is 7.92. The van der Waals surface area contributed by atoms with E-state index < -0.39 is 0 Å². The second-order valence-corrected chi connectivity index (χ2v) is 5.76. The zero-order chi connectivity index (χ0) is 16.1. The smallest absolute Gasteiger partial charge is 0.162 e. The lowest BCUT2D eigenvalue weighted by molar-refractivity contribution is 0.201. The number of oxime groups is 1. The minimum absolute atomic E-state index is 0.284. The summed E-state index contributed by atoms with van der Waals surface area (Å²) in [4.78, 5) is 0. The molecule has 0 aromatic heterocycles. The van der Waals surface area contributed by atoms with Gasteiger partial charge in [0.05, 0.1) is 19.4 Å². The lowest BCUT2D eigenvalue weighted by Crippen LogP contribution is -2.11. The third kappa shape index (κ3) is 3.65. The van der Waals surface area contributed by atoms with Gasteiger partial charge in [0.2, 0.25) is 0 Å². The summed E-state index contributed by atoms with van der Waals surface area (Å²) in [6.07, 6.45) is 6.38. The van der Waals surface area contributed by atoms with E-state index in [0.29, 0.717) is 0 Å². The number of ether oxygens (including phenoxy) is 2. The van der Waals surface area contributed by atoms with Gasteiger partial charge < -0.3 is 14.7 Å². The van der Waals surface area contributed by atoms with Gasteiger partial charge in [0.15, 0.2) is 11.5 Å². The molecule has 2 aromatic carbocycles. The fourth-order valence-corrected chi connectivity index (χ4v) is 3.00. The van der Waals surface area contributed by atoms with Crippen LogP contribution >= 0.6 is 0 Å². The molecule has 1 N–H and O–H groups in total. The van der Waals surface area contributed by atoms with Crippen molar-refractivity contribution in [2.75, 3.05) is 7.11 Å². The van der Waals surface area contributed by atoms with E-state index in [0.717, 1.165) is 41.0 Å². The van der Waals surface area contributed by atoms with Crippen LogP contribution < -0.4 is 9.47 Å². The Labute approximate surface area is 136 Å². The first-order chi connectivity index (χ1) is 11.3. The quantitative estimate of drug-likeness (QED) is 0.503. The van der Waals surface area contributed by atoms with Crippen LogP contribution in [0.5, 0.6) is 11.5 Å². The molecule has 0 aliphatic heterocycles. The first kappa shape index (κ1) is 15.4. The Bertz CT molecular complexity index is 691. The fourth-order valence-electron chi connectivity index (χ4n) is 3.00. The molecule has 0 unspecified atom stereocenters. The lowest BCUT2D eigenvalue weighted by Gasteiger charge is -2.17. The number of benzene rings is 2. The molecule has 3 rings (SSSR count). The molecule has 1 fully saturated rings. The van der Waals surface area contributed by atoms with E-state index in [9.17, 15) is 0 Å². The maximum atomic E-state index is 8.69. The molecule has 1 saturated carbocycles. The monoisotopic (exact) mass is 311 g/mol.